The van der Waals surface area contributed by atoms with E-state index in [1.54, 1.807) is 24.3 Å². The topological polar surface area (TPSA) is 99.8 Å². The Hall–Kier alpha value is -2.18. The van der Waals surface area contributed by atoms with E-state index >= 15 is 0 Å². The molecule has 0 fully saturated rings. The number of benzene rings is 1. The first-order valence-corrected chi connectivity index (χ1v) is 6.07. The molecular weight excluding hydrogens is 262 g/mol. The van der Waals surface area contributed by atoms with E-state index in [0.29, 0.717) is 11.0 Å². The highest BCUT2D eigenvalue weighted by atomic mass is 16.3. The summed E-state index contributed by atoms with van der Waals surface area (Å²) in [5.41, 5.74) is -1.42. The number of amides is 1. The quantitative estimate of drug-likeness (QED) is 0.744. The van der Waals surface area contributed by atoms with E-state index in [2.05, 4.69) is 5.32 Å². The number of fused-ring (bicyclic) bond motifs is 1. The number of rotatable bonds is 4. The summed E-state index contributed by atoms with van der Waals surface area (Å²) in [5, 5.41) is 21.3. The van der Waals surface area contributed by atoms with Gasteiger partial charge in [0.1, 0.15) is 11.2 Å². The van der Waals surface area contributed by atoms with Crippen molar-refractivity contribution >= 4 is 16.9 Å². The van der Waals surface area contributed by atoms with Crippen LogP contribution in [-0.4, -0.2) is 34.9 Å². The molecule has 0 bridgehead atoms. The van der Waals surface area contributed by atoms with E-state index in [0.717, 1.165) is 6.07 Å². The maximum atomic E-state index is 11.9. The third kappa shape index (κ3) is 3.04. The average molecular weight is 277 g/mol. The zero-order valence-corrected chi connectivity index (χ0v) is 10.9. The molecule has 20 heavy (non-hydrogen) atoms. The Bertz CT molecular complexity index is 689. The zero-order chi connectivity index (χ0) is 14.8. The van der Waals surface area contributed by atoms with Gasteiger partial charge in [0.15, 0.2) is 11.2 Å². The molecule has 0 aliphatic heterocycles. The largest absolute Gasteiger partial charge is 0.451 e. The normalized spacial score (nSPS) is 13.9. The Balaban J connectivity index is 2.25. The van der Waals surface area contributed by atoms with Crippen LogP contribution in [-0.2, 0) is 0 Å². The third-order valence-corrected chi connectivity index (χ3v) is 2.83. The first kappa shape index (κ1) is 14.2. The molecule has 1 unspecified atom stereocenters. The fourth-order valence-corrected chi connectivity index (χ4v) is 1.63. The number of hydrogen-bond acceptors (Lipinski definition) is 5. The minimum Gasteiger partial charge on any atom is -0.451 e. The van der Waals surface area contributed by atoms with Gasteiger partial charge in [0.25, 0.3) is 5.91 Å². The Morgan fingerprint density at radius 3 is 2.80 bits per heavy atom. The van der Waals surface area contributed by atoms with Crippen molar-refractivity contribution in [1.82, 2.24) is 5.32 Å². The van der Waals surface area contributed by atoms with E-state index in [-0.39, 0.29) is 17.7 Å². The van der Waals surface area contributed by atoms with Crippen LogP contribution < -0.4 is 10.7 Å². The lowest BCUT2D eigenvalue weighted by atomic mass is 10.1. The van der Waals surface area contributed by atoms with Crippen molar-refractivity contribution in [3.05, 3.63) is 46.3 Å². The zero-order valence-electron chi connectivity index (χ0n) is 10.9. The summed E-state index contributed by atoms with van der Waals surface area (Å²) in [6.07, 6.45) is 0. The third-order valence-electron chi connectivity index (χ3n) is 2.83. The van der Waals surface area contributed by atoms with Crippen molar-refractivity contribution < 1.29 is 19.4 Å². The standard InChI is InChI=1S/C14H15NO5/c1-14(19,8-16)7-15-13(18)12-6-10(17)9-4-2-3-5-11(9)20-12/h2-6,16,19H,7-8H2,1H3,(H,15,18). The molecule has 6 nitrogen and oxygen atoms in total. The number of para-hydroxylation sites is 1. The highest BCUT2D eigenvalue weighted by molar-refractivity contribution is 5.93. The monoisotopic (exact) mass is 277 g/mol. The minimum atomic E-state index is -1.42. The molecule has 0 radical (unpaired) electrons. The van der Waals surface area contributed by atoms with Crippen LogP contribution in [0.1, 0.15) is 17.5 Å². The number of nitrogens with one attached hydrogen (secondary N) is 1. The summed E-state index contributed by atoms with van der Waals surface area (Å²) in [4.78, 5) is 23.7. The van der Waals surface area contributed by atoms with E-state index < -0.39 is 18.1 Å². The van der Waals surface area contributed by atoms with Gasteiger partial charge in [-0.15, -0.1) is 0 Å². The Labute approximate surface area is 114 Å². The van der Waals surface area contributed by atoms with E-state index in [9.17, 15) is 14.7 Å². The second kappa shape index (κ2) is 5.44. The van der Waals surface area contributed by atoms with Crippen LogP contribution in [0.15, 0.2) is 39.5 Å². The fourth-order valence-electron chi connectivity index (χ4n) is 1.63. The first-order chi connectivity index (χ1) is 9.43. The summed E-state index contributed by atoms with van der Waals surface area (Å²) in [6, 6.07) is 7.71. The summed E-state index contributed by atoms with van der Waals surface area (Å²) in [5.74, 6) is -0.760. The second-order valence-corrected chi connectivity index (χ2v) is 4.81. The molecule has 1 aromatic carbocycles. The SMILES string of the molecule is CC(O)(CO)CNC(=O)c1cc(=O)c2ccccc2o1. The fraction of sp³-hybridized carbons (Fsp3) is 0.286. The van der Waals surface area contributed by atoms with Gasteiger partial charge in [0.05, 0.1) is 12.0 Å². The molecule has 1 aromatic heterocycles. The van der Waals surface area contributed by atoms with Gasteiger partial charge in [-0.05, 0) is 19.1 Å². The van der Waals surface area contributed by atoms with Crippen molar-refractivity contribution in [1.29, 1.82) is 0 Å². The molecule has 0 aliphatic carbocycles. The molecule has 1 atom stereocenters. The van der Waals surface area contributed by atoms with Crippen LogP contribution in [0.5, 0.6) is 0 Å². The average Bonchev–Trinajstić information content (AvgIpc) is 2.45. The molecule has 6 heteroatoms. The van der Waals surface area contributed by atoms with Gasteiger partial charge >= 0.3 is 0 Å². The highest BCUT2D eigenvalue weighted by Gasteiger charge is 2.21. The predicted molar refractivity (Wildman–Crippen MR) is 72.5 cm³/mol. The van der Waals surface area contributed by atoms with Gasteiger partial charge in [0.2, 0.25) is 0 Å². The molecular formula is C14H15NO5. The number of aliphatic hydroxyl groups excluding tert-OH is 1. The molecule has 0 saturated heterocycles. The van der Waals surface area contributed by atoms with Crippen LogP contribution in [0.4, 0.5) is 0 Å². The first-order valence-electron chi connectivity index (χ1n) is 6.07. The second-order valence-electron chi connectivity index (χ2n) is 4.81. The van der Waals surface area contributed by atoms with Gasteiger partial charge in [0, 0.05) is 12.6 Å². The van der Waals surface area contributed by atoms with Gasteiger partial charge in [-0.25, -0.2) is 0 Å². The molecule has 0 saturated carbocycles. The maximum Gasteiger partial charge on any atom is 0.287 e. The van der Waals surface area contributed by atoms with Gasteiger partial charge in [-0.2, -0.15) is 0 Å². The van der Waals surface area contributed by atoms with Crippen LogP contribution in [0.3, 0.4) is 0 Å². The van der Waals surface area contributed by atoms with Crippen molar-refractivity contribution in [2.24, 2.45) is 0 Å². The van der Waals surface area contributed by atoms with Crippen molar-refractivity contribution in [3.63, 3.8) is 0 Å². The Morgan fingerprint density at radius 2 is 2.10 bits per heavy atom. The van der Waals surface area contributed by atoms with Crippen LogP contribution in [0.2, 0.25) is 0 Å². The molecule has 1 heterocycles. The lowest BCUT2D eigenvalue weighted by Gasteiger charge is -2.20. The van der Waals surface area contributed by atoms with Crippen molar-refractivity contribution in [2.45, 2.75) is 12.5 Å². The molecule has 3 N–H and O–H groups in total. The molecule has 1 amide bonds. The van der Waals surface area contributed by atoms with Gasteiger partial charge in [-0.3, -0.25) is 9.59 Å². The number of hydrogen-bond donors (Lipinski definition) is 3. The maximum absolute atomic E-state index is 11.9. The molecule has 0 aliphatic rings. The molecule has 2 rings (SSSR count). The summed E-state index contributed by atoms with van der Waals surface area (Å²) in [6.45, 7) is 0.734. The van der Waals surface area contributed by atoms with E-state index in [1.807, 2.05) is 0 Å². The lowest BCUT2D eigenvalue weighted by molar-refractivity contribution is 0.00300. The predicted octanol–water partition coefficient (Wildman–Crippen LogP) is 0.266. The van der Waals surface area contributed by atoms with Crippen LogP contribution >= 0.6 is 0 Å². The molecule has 0 spiro atoms. The number of carbonyl (C=O) groups is 1. The number of carbonyl (C=O) groups excluding carboxylic acids is 1. The van der Waals surface area contributed by atoms with Crippen molar-refractivity contribution in [3.8, 4) is 0 Å². The lowest BCUT2D eigenvalue weighted by Crippen LogP contribution is -2.43. The van der Waals surface area contributed by atoms with Crippen molar-refractivity contribution in [2.75, 3.05) is 13.2 Å². The molecule has 106 valence electrons. The minimum absolute atomic E-state index is 0.137. The van der Waals surface area contributed by atoms with E-state index in [1.165, 1.54) is 6.92 Å². The van der Waals surface area contributed by atoms with E-state index in [4.69, 9.17) is 9.52 Å². The van der Waals surface area contributed by atoms with Gasteiger partial charge < -0.3 is 19.9 Å². The summed E-state index contributed by atoms with van der Waals surface area (Å²) in [7, 11) is 0. The summed E-state index contributed by atoms with van der Waals surface area (Å²) < 4.78 is 5.35. The van der Waals surface area contributed by atoms with Gasteiger partial charge in [-0.1, -0.05) is 12.1 Å². The Morgan fingerprint density at radius 1 is 1.40 bits per heavy atom. The molecule has 2 aromatic rings. The number of aliphatic hydroxyl groups is 2. The highest BCUT2D eigenvalue weighted by Crippen LogP contribution is 2.11. The van der Waals surface area contributed by atoms with Crippen LogP contribution in [0.25, 0.3) is 11.0 Å². The smallest absolute Gasteiger partial charge is 0.287 e. The summed E-state index contributed by atoms with van der Waals surface area (Å²) >= 11 is 0. The Kier molecular flexibility index (Phi) is 3.87. The van der Waals surface area contributed by atoms with Crippen LogP contribution in [0, 0.1) is 0 Å².